The first-order valence-electron chi connectivity index (χ1n) is 8.97. The minimum Gasteiger partial charge on any atom is -0.354 e. The number of nitrogens with one attached hydrogen (secondary N) is 2. The lowest BCUT2D eigenvalue weighted by Crippen LogP contribution is -2.04. The molecule has 0 amide bonds. The van der Waals surface area contributed by atoms with E-state index in [1.54, 1.807) is 24.8 Å². The second kappa shape index (κ2) is 12.2. The van der Waals surface area contributed by atoms with Crippen LogP contribution < -0.4 is 10.6 Å². The van der Waals surface area contributed by atoms with Gasteiger partial charge >= 0.3 is 0 Å². The Morgan fingerprint density at radius 3 is 1.21 bits per heavy atom. The van der Waals surface area contributed by atoms with E-state index in [2.05, 4.69) is 30.6 Å². The lowest BCUT2D eigenvalue weighted by Gasteiger charge is -2.05. The largest absolute Gasteiger partial charge is 0.354 e. The normalized spacial score (nSPS) is 10.5. The predicted molar refractivity (Wildman–Crippen MR) is 98.0 cm³/mol. The van der Waals surface area contributed by atoms with E-state index in [4.69, 9.17) is 0 Å². The Bertz CT molecular complexity index is 470. The minimum atomic E-state index is 0.729. The average molecular weight is 328 g/mol. The Morgan fingerprint density at radius 1 is 0.500 bits per heavy atom. The molecule has 2 aromatic heterocycles. The summed E-state index contributed by atoms with van der Waals surface area (Å²) in [5.74, 6) is 1.46. The van der Waals surface area contributed by atoms with Crippen molar-refractivity contribution < 1.29 is 0 Å². The van der Waals surface area contributed by atoms with Crippen molar-refractivity contribution in [1.29, 1.82) is 0 Å². The molecule has 2 heterocycles. The van der Waals surface area contributed by atoms with Crippen molar-refractivity contribution in [3.05, 3.63) is 36.9 Å². The Hall–Kier alpha value is -2.24. The number of nitrogens with zero attached hydrogens (tertiary/aromatic N) is 4. The quantitative estimate of drug-likeness (QED) is 0.543. The highest BCUT2D eigenvalue weighted by molar-refractivity contribution is 5.22. The standard InChI is InChI=1S/C18H28N6/c1(3-5-7-11-19-17-21-13-9-14-22-17)2-4-6-8-12-20-18-23-15-10-16-24-18/h9-10,13-16H,1-8,11-12H2,(H,19,21,22)(H,20,23,24). The van der Waals surface area contributed by atoms with Crippen LogP contribution in [0.5, 0.6) is 0 Å². The van der Waals surface area contributed by atoms with E-state index < -0.39 is 0 Å². The summed E-state index contributed by atoms with van der Waals surface area (Å²) in [6.07, 6.45) is 17.2. The van der Waals surface area contributed by atoms with Gasteiger partial charge in [0.25, 0.3) is 0 Å². The molecule has 6 nitrogen and oxygen atoms in total. The molecule has 0 aromatic carbocycles. The van der Waals surface area contributed by atoms with Gasteiger partial charge in [0.2, 0.25) is 11.9 Å². The smallest absolute Gasteiger partial charge is 0.222 e. The first-order chi connectivity index (χ1) is 11.9. The molecule has 6 heteroatoms. The third-order valence-corrected chi connectivity index (χ3v) is 3.80. The number of hydrogen-bond acceptors (Lipinski definition) is 6. The zero-order valence-electron chi connectivity index (χ0n) is 14.3. The first kappa shape index (κ1) is 18.1. The van der Waals surface area contributed by atoms with Gasteiger partial charge in [0, 0.05) is 37.9 Å². The number of unbranched alkanes of at least 4 members (excludes halogenated alkanes) is 7. The minimum absolute atomic E-state index is 0.729. The van der Waals surface area contributed by atoms with E-state index in [-0.39, 0.29) is 0 Å². The van der Waals surface area contributed by atoms with Gasteiger partial charge in [-0.15, -0.1) is 0 Å². The van der Waals surface area contributed by atoms with Crippen LogP contribution in [-0.2, 0) is 0 Å². The molecular weight excluding hydrogens is 300 g/mol. The maximum atomic E-state index is 4.15. The molecule has 0 aliphatic rings. The summed E-state index contributed by atoms with van der Waals surface area (Å²) in [6, 6.07) is 3.66. The highest BCUT2D eigenvalue weighted by atomic mass is 15.1. The van der Waals surface area contributed by atoms with Crippen molar-refractivity contribution in [2.75, 3.05) is 23.7 Å². The van der Waals surface area contributed by atoms with Crippen molar-refractivity contribution in [2.45, 2.75) is 51.4 Å². The Morgan fingerprint density at radius 2 is 0.833 bits per heavy atom. The van der Waals surface area contributed by atoms with E-state index in [1.165, 1.54) is 51.4 Å². The van der Waals surface area contributed by atoms with Crippen LogP contribution >= 0.6 is 0 Å². The van der Waals surface area contributed by atoms with E-state index in [9.17, 15) is 0 Å². The molecule has 0 atom stereocenters. The van der Waals surface area contributed by atoms with Gasteiger partial charge in [0.05, 0.1) is 0 Å². The lowest BCUT2D eigenvalue weighted by molar-refractivity contribution is 0.576. The fourth-order valence-electron chi connectivity index (χ4n) is 2.49. The van der Waals surface area contributed by atoms with Gasteiger partial charge in [-0.1, -0.05) is 38.5 Å². The van der Waals surface area contributed by atoms with Crippen molar-refractivity contribution in [3.63, 3.8) is 0 Å². The Labute approximate surface area is 144 Å². The van der Waals surface area contributed by atoms with Crippen LogP contribution in [0.25, 0.3) is 0 Å². The lowest BCUT2D eigenvalue weighted by atomic mass is 10.1. The fraction of sp³-hybridized carbons (Fsp3) is 0.556. The summed E-state index contributed by atoms with van der Waals surface area (Å²) in [7, 11) is 0. The summed E-state index contributed by atoms with van der Waals surface area (Å²) in [6.45, 7) is 1.91. The molecule has 0 bridgehead atoms. The zero-order valence-corrected chi connectivity index (χ0v) is 14.3. The molecule has 24 heavy (non-hydrogen) atoms. The molecule has 0 spiro atoms. The summed E-state index contributed by atoms with van der Waals surface area (Å²) in [5.41, 5.74) is 0. The molecule has 0 saturated heterocycles. The average Bonchev–Trinajstić information content (AvgIpc) is 2.64. The van der Waals surface area contributed by atoms with Gasteiger partial charge in [-0.05, 0) is 25.0 Å². The molecule has 0 aliphatic heterocycles. The van der Waals surface area contributed by atoms with Gasteiger partial charge in [-0.25, -0.2) is 19.9 Å². The molecular formula is C18H28N6. The Kier molecular flexibility index (Phi) is 9.21. The number of rotatable bonds is 13. The predicted octanol–water partition coefficient (Wildman–Crippen LogP) is 3.91. The number of hydrogen-bond donors (Lipinski definition) is 2. The molecule has 2 rings (SSSR count). The summed E-state index contributed by atoms with van der Waals surface area (Å²) in [4.78, 5) is 16.6. The molecule has 0 fully saturated rings. The second-order valence-corrected chi connectivity index (χ2v) is 5.83. The highest BCUT2D eigenvalue weighted by Crippen LogP contribution is 2.09. The third-order valence-electron chi connectivity index (χ3n) is 3.80. The Balaban J connectivity index is 1.32. The topological polar surface area (TPSA) is 75.6 Å². The van der Waals surface area contributed by atoms with Gasteiger partial charge in [0.15, 0.2) is 0 Å². The van der Waals surface area contributed by atoms with Crippen LogP contribution in [0.4, 0.5) is 11.9 Å². The van der Waals surface area contributed by atoms with Gasteiger partial charge in [0.1, 0.15) is 0 Å². The van der Waals surface area contributed by atoms with Crippen LogP contribution in [0, 0.1) is 0 Å². The molecule has 0 saturated carbocycles. The molecule has 0 unspecified atom stereocenters. The van der Waals surface area contributed by atoms with Gasteiger partial charge < -0.3 is 10.6 Å². The molecule has 130 valence electrons. The third kappa shape index (κ3) is 8.41. The van der Waals surface area contributed by atoms with E-state index in [0.717, 1.165) is 25.0 Å². The van der Waals surface area contributed by atoms with Crippen molar-refractivity contribution in [2.24, 2.45) is 0 Å². The zero-order chi connectivity index (χ0) is 16.7. The van der Waals surface area contributed by atoms with Crippen LogP contribution in [0.2, 0.25) is 0 Å². The summed E-state index contributed by atoms with van der Waals surface area (Å²) < 4.78 is 0. The van der Waals surface area contributed by atoms with Gasteiger partial charge in [-0.3, -0.25) is 0 Å². The highest BCUT2D eigenvalue weighted by Gasteiger charge is 1.95. The second-order valence-electron chi connectivity index (χ2n) is 5.83. The van der Waals surface area contributed by atoms with E-state index >= 15 is 0 Å². The van der Waals surface area contributed by atoms with Gasteiger partial charge in [-0.2, -0.15) is 0 Å². The fourth-order valence-corrected chi connectivity index (χ4v) is 2.49. The van der Waals surface area contributed by atoms with E-state index in [0.29, 0.717) is 0 Å². The monoisotopic (exact) mass is 328 g/mol. The maximum Gasteiger partial charge on any atom is 0.222 e. The summed E-state index contributed by atoms with van der Waals surface area (Å²) >= 11 is 0. The number of anilines is 2. The van der Waals surface area contributed by atoms with Crippen molar-refractivity contribution in [3.8, 4) is 0 Å². The molecule has 2 aromatic rings. The van der Waals surface area contributed by atoms with Crippen LogP contribution in [-0.4, -0.2) is 33.0 Å². The number of aromatic nitrogens is 4. The molecule has 2 N–H and O–H groups in total. The molecule has 0 radical (unpaired) electrons. The van der Waals surface area contributed by atoms with Crippen LogP contribution in [0.1, 0.15) is 51.4 Å². The van der Waals surface area contributed by atoms with Crippen LogP contribution in [0.15, 0.2) is 36.9 Å². The van der Waals surface area contributed by atoms with E-state index in [1.807, 2.05) is 12.1 Å². The SMILES string of the molecule is c1cnc(NCCCCCCCCCCNc2ncccn2)nc1. The van der Waals surface area contributed by atoms with Crippen LogP contribution in [0.3, 0.4) is 0 Å². The maximum absolute atomic E-state index is 4.15. The summed E-state index contributed by atoms with van der Waals surface area (Å²) in [5, 5.41) is 6.49. The first-order valence-corrected chi connectivity index (χ1v) is 8.97. The van der Waals surface area contributed by atoms with Crippen molar-refractivity contribution in [1.82, 2.24) is 19.9 Å². The van der Waals surface area contributed by atoms with Crippen molar-refractivity contribution >= 4 is 11.9 Å². The molecule has 0 aliphatic carbocycles.